The van der Waals surface area contributed by atoms with Gasteiger partial charge in [-0.25, -0.2) is 0 Å². The lowest BCUT2D eigenvalue weighted by Gasteiger charge is -2.38. The highest BCUT2D eigenvalue weighted by molar-refractivity contribution is 5.76. The second-order valence-corrected chi connectivity index (χ2v) is 8.76. The largest absolute Gasteiger partial charge is 0.465 e. The summed E-state index contributed by atoms with van der Waals surface area (Å²) in [6, 6.07) is 0. The number of nitrogens with one attached hydrogen (secondary N) is 2. The number of aliphatic hydroxyl groups is 1. The number of rotatable bonds is 6. The molecule has 0 aromatic carbocycles. The Morgan fingerprint density at radius 2 is 1.64 bits per heavy atom. The molecule has 3 N–H and O–H groups in total. The highest BCUT2D eigenvalue weighted by atomic mass is 19.4. The third kappa shape index (κ3) is 3.00. The molecule has 5 unspecified atom stereocenters. The summed E-state index contributed by atoms with van der Waals surface area (Å²) in [7, 11) is 0. The van der Waals surface area contributed by atoms with Crippen molar-refractivity contribution < 1.29 is 41.0 Å². The minimum atomic E-state index is -5.80. The van der Waals surface area contributed by atoms with E-state index in [1.807, 2.05) is 0 Å². The fraction of sp³-hybridized carbons (Fsp3) is 0.941. The molecule has 2 saturated heterocycles. The van der Waals surface area contributed by atoms with Gasteiger partial charge in [0.1, 0.15) is 5.66 Å². The Balaban J connectivity index is 1.37. The van der Waals surface area contributed by atoms with E-state index < -0.39 is 53.8 Å². The molecule has 0 aromatic rings. The Morgan fingerprint density at radius 3 is 2.11 bits per heavy atom. The number of halogens is 6. The molecule has 0 radical (unpaired) electrons. The molecule has 4 rings (SSSR count). The van der Waals surface area contributed by atoms with Gasteiger partial charge in [-0.05, 0) is 56.3 Å². The minimum Gasteiger partial charge on any atom is -0.465 e. The van der Waals surface area contributed by atoms with Crippen molar-refractivity contribution in [2.45, 2.75) is 62.4 Å². The van der Waals surface area contributed by atoms with Crippen LogP contribution in [0.15, 0.2) is 0 Å². The van der Waals surface area contributed by atoms with Crippen LogP contribution in [-0.4, -0.2) is 47.5 Å². The molecule has 2 aliphatic carbocycles. The van der Waals surface area contributed by atoms with Crippen molar-refractivity contribution in [2.75, 3.05) is 6.61 Å². The fourth-order valence-corrected chi connectivity index (χ4v) is 5.24. The molecule has 2 heterocycles. The second kappa shape index (κ2) is 5.98. The highest BCUT2D eigenvalue weighted by Crippen LogP contribution is 2.57. The molecule has 5 atom stereocenters. The number of carbonyl (C=O) groups excluding carboxylic acids is 1. The molecule has 11 heteroatoms. The summed E-state index contributed by atoms with van der Waals surface area (Å²) in [6.45, 7) is 1.68. The number of ether oxygens (including phenoxy) is 1. The van der Waals surface area contributed by atoms with Crippen LogP contribution in [0.4, 0.5) is 26.3 Å². The Hall–Kier alpha value is -1.07. The maximum Gasteiger partial charge on any atom is 0.426 e. The normalized spacial score (nSPS) is 40.2. The number of esters is 1. The Kier molecular flexibility index (Phi) is 4.31. The molecule has 28 heavy (non-hydrogen) atoms. The summed E-state index contributed by atoms with van der Waals surface area (Å²) in [6.07, 6.45) is -11.5. The van der Waals surface area contributed by atoms with Crippen molar-refractivity contribution >= 4 is 5.97 Å². The van der Waals surface area contributed by atoms with E-state index in [4.69, 9.17) is 4.74 Å². The van der Waals surface area contributed by atoms with Gasteiger partial charge in [0, 0.05) is 0 Å². The third-order valence-corrected chi connectivity index (χ3v) is 7.12. The van der Waals surface area contributed by atoms with E-state index in [9.17, 15) is 36.2 Å². The molecule has 4 fully saturated rings. The van der Waals surface area contributed by atoms with Crippen LogP contribution in [0.25, 0.3) is 0 Å². The predicted octanol–water partition coefficient (Wildman–Crippen LogP) is 2.30. The first-order valence-electron chi connectivity index (χ1n) is 9.36. The summed E-state index contributed by atoms with van der Waals surface area (Å²) < 4.78 is 83.4. The Morgan fingerprint density at radius 1 is 1.11 bits per heavy atom. The molecule has 2 bridgehead atoms. The lowest BCUT2D eigenvalue weighted by Crippen LogP contribution is -2.58. The van der Waals surface area contributed by atoms with Gasteiger partial charge in [0.05, 0.1) is 18.7 Å². The molecule has 4 aliphatic rings. The predicted molar refractivity (Wildman–Crippen MR) is 82.4 cm³/mol. The maximum atomic E-state index is 13.0. The standard InChI is InChI=1S/C17H22F6N2O3/c1-7(15-13(24-15)25-15)12(26)28-6-10-3-8-2-9(11(10)4-8)5-14(27,16(18,19)20)17(21,22)23/h7-11,13,24-25,27H,2-6H2,1H3. The van der Waals surface area contributed by atoms with E-state index in [-0.39, 0.29) is 31.0 Å². The SMILES string of the molecule is CC(C(=O)OCC1CC2CC(CC(O)(C(F)(F)F)C(F)(F)F)C1C2)C12NC1N2. The van der Waals surface area contributed by atoms with Crippen molar-refractivity contribution in [3.8, 4) is 0 Å². The second-order valence-electron chi connectivity index (χ2n) is 8.76. The summed E-state index contributed by atoms with van der Waals surface area (Å²) in [5, 5.41) is 15.6. The van der Waals surface area contributed by atoms with E-state index in [0.29, 0.717) is 12.8 Å². The summed E-state index contributed by atoms with van der Waals surface area (Å²) in [5.74, 6) is -2.48. The van der Waals surface area contributed by atoms with E-state index in [1.54, 1.807) is 6.92 Å². The summed E-state index contributed by atoms with van der Waals surface area (Å²) in [5.41, 5.74) is -5.11. The summed E-state index contributed by atoms with van der Waals surface area (Å²) in [4.78, 5) is 12.2. The van der Waals surface area contributed by atoms with Crippen molar-refractivity contribution in [3.05, 3.63) is 0 Å². The first-order valence-corrected chi connectivity index (χ1v) is 9.36. The van der Waals surface area contributed by atoms with E-state index in [0.717, 1.165) is 0 Å². The number of hydrogen-bond donors (Lipinski definition) is 3. The number of alkyl halides is 6. The molecule has 0 amide bonds. The van der Waals surface area contributed by atoms with Gasteiger partial charge in [-0.2, -0.15) is 26.3 Å². The molecule has 5 nitrogen and oxygen atoms in total. The Labute approximate surface area is 157 Å². The summed E-state index contributed by atoms with van der Waals surface area (Å²) >= 11 is 0. The molecule has 0 aromatic heterocycles. The Bertz CT molecular complexity index is 646. The van der Waals surface area contributed by atoms with Gasteiger partial charge in [-0.1, -0.05) is 0 Å². The molecule has 2 saturated carbocycles. The molecular weight excluding hydrogens is 394 g/mol. The number of hydrogen-bond acceptors (Lipinski definition) is 5. The van der Waals surface area contributed by atoms with Gasteiger partial charge < -0.3 is 9.84 Å². The monoisotopic (exact) mass is 416 g/mol. The number of carbonyl (C=O) groups is 1. The van der Waals surface area contributed by atoms with Crippen molar-refractivity contribution in [1.29, 1.82) is 0 Å². The van der Waals surface area contributed by atoms with Crippen LogP contribution in [0, 0.1) is 29.6 Å². The first-order chi connectivity index (χ1) is 12.8. The van der Waals surface area contributed by atoms with Crippen molar-refractivity contribution in [1.82, 2.24) is 10.6 Å². The van der Waals surface area contributed by atoms with Crippen LogP contribution in [0.2, 0.25) is 0 Å². The minimum absolute atomic E-state index is 0.0000135. The van der Waals surface area contributed by atoms with Gasteiger partial charge in [-0.3, -0.25) is 15.4 Å². The van der Waals surface area contributed by atoms with Gasteiger partial charge in [0.25, 0.3) is 5.60 Å². The van der Waals surface area contributed by atoms with Crippen LogP contribution in [-0.2, 0) is 9.53 Å². The van der Waals surface area contributed by atoms with Crippen LogP contribution in [0.1, 0.15) is 32.6 Å². The fourth-order valence-electron chi connectivity index (χ4n) is 5.24. The van der Waals surface area contributed by atoms with Gasteiger partial charge in [0.15, 0.2) is 0 Å². The van der Waals surface area contributed by atoms with E-state index in [1.165, 1.54) is 0 Å². The third-order valence-electron chi connectivity index (χ3n) is 7.12. The van der Waals surface area contributed by atoms with Gasteiger partial charge >= 0.3 is 18.3 Å². The molecule has 2 aliphatic heterocycles. The zero-order valence-electron chi connectivity index (χ0n) is 15.0. The smallest absolute Gasteiger partial charge is 0.426 e. The van der Waals surface area contributed by atoms with Crippen molar-refractivity contribution in [2.24, 2.45) is 29.6 Å². The van der Waals surface area contributed by atoms with E-state index in [2.05, 4.69) is 10.6 Å². The van der Waals surface area contributed by atoms with E-state index >= 15 is 0 Å². The first kappa shape index (κ1) is 20.2. The van der Waals surface area contributed by atoms with Crippen LogP contribution in [0.3, 0.4) is 0 Å². The average Bonchev–Trinajstić information content (AvgIpc) is 3.33. The van der Waals surface area contributed by atoms with Gasteiger partial charge in [0.2, 0.25) is 0 Å². The van der Waals surface area contributed by atoms with Crippen molar-refractivity contribution in [3.63, 3.8) is 0 Å². The number of fused-ring (bicyclic) bond motifs is 3. The lowest BCUT2D eigenvalue weighted by atomic mass is 9.75. The topological polar surface area (TPSA) is 90.4 Å². The van der Waals surface area contributed by atoms with Crippen LogP contribution >= 0.6 is 0 Å². The highest BCUT2D eigenvalue weighted by Gasteiger charge is 2.75. The molecular formula is C17H22F6N2O3. The van der Waals surface area contributed by atoms with Crippen LogP contribution < -0.4 is 10.6 Å². The lowest BCUT2D eigenvalue weighted by molar-refractivity contribution is -0.373. The maximum absolute atomic E-state index is 13.0. The zero-order valence-corrected chi connectivity index (χ0v) is 15.0. The average molecular weight is 416 g/mol. The van der Waals surface area contributed by atoms with Crippen LogP contribution in [0.5, 0.6) is 0 Å². The quantitative estimate of drug-likeness (QED) is 0.351. The van der Waals surface area contributed by atoms with Gasteiger partial charge in [-0.15, -0.1) is 0 Å². The zero-order chi connectivity index (χ0) is 20.7. The molecule has 0 spiro atoms. The molecule has 160 valence electrons.